The molecule has 2 aromatic carbocycles. The molecule has 0 bridgehead atoms. The van der Waals surface area contributed by atoms with Crippen molar-refractivity contribution < 1.29 is 4.74 Å². The number of rotatable bonds is 5. The molecule has 0 spiro atoms. The maximum Gasteiger partial charge on any atom is 0.233 e. The number of aromatic nitrogens is 3. The molecule has 0 saturated carbocycles. The Morgan fingerprint density at radius 3 is 2.32 bits per heavy atom. The highest BCUT2D eigenvalue weighted by Gasteiger charge is 2.17. The zero-order valence-corrected chi connectivity index (χ0v) is 16.1. The van der Waals surface area contributed by atoms with Crippen molar-refractivity contribution in [1.82, 2.24) is 15.0 Å². The average molecular weight is 376 g/mol. The number of nitrogens with zero attached hydrogens (tertiary/aromatic N) is 4. The lowest BCUT2D eigenvalue weighted by atomic mass is 10.1. The summed E-state index contributed by atoms with van der Waals surface area (Å²) < 4.78 is 5.46. The van der Waals surface area contributed by atoms with Crippen molar-refractivity contribution in [1.29, 1.82) is 0 Å². The Hall–Kier alpha value is -3.19. The van der Waals surface area contributed by atoms with Gasteiger partial charge in [0, 0.05) is 24.5 Å². The normalized spacial score (nSPS) is 14.0. The lowest BCUT2D eigenvalue weighted by Gasteiger charge is -2.27. The van der Waals surface area contributed by atoms with Gasteiger partial charge < -0.3 is 20.3 Å². The highest BCUT2D eigenvalue weighted by molar-refractivity contribution is 5.62. The van der Waals surface area contributed by atoms with Crippen LogP contribution in [0.15, 0.2) is 48.5 Å². The fourth-order valence-electron chi connectivity index (χ4n) is 3.02. The van der Waals surface area contributed by atoms with Crippen LogP contribution < -0.4 is 15.5 Å². The number of benzene rings is 2. The molecule has 2 N–H and O–H groups in total. The fraction of sp³-hybridized carbons (Fsp3) is 0.286. The molecule has 0 atom stereocenters. The van der Waals surface area contributed by atoms with E-state index in [2.05, 4.69) is 62.5 Å². The van der Waals surface area contributed by atoms with Gasteiger partial charge in [0.2, 0.25) is 17.8 Å². The van der Waals surface area contributed by atoms with Crippen LogP contribution in [0.3, 0.4) is 0 Å². The van der Waals surface area contributed by atoms with Crippen LogP contribution in [0.5, 0.6) is 0 Å². The van der Waals surface area contributed by atoms with E-state index >= 15 is 0 Å². The zero-order chi connectivity index (χ0) is 19.3. The molecule has 1 fully saturated rings. The van der Waals surface area contributed by atoms with Crippen LogP contribution in [-0.2, 0) is 4.74 Å². The monoisotopic (exact) mass is 376 g/mol. The van der Waals surface area contributed by atoms with Crippen LogP contribution in [0.1, 0.15) is 11.1 Å². The van der Waals surface area contributed by atoms with E-state index in [1.807, 2.05) is 30.3 Å². The molecule has 7 nitrogen and oxygen atoms in total. The van der Waals surface area contributed by atoms with Crippen LogP contribution in [0.2, 0.25) is 0 Å². The van der Waals surface area contributed by atoms with Gasteiger partial charge >= 0.3 is 0 Å². The summed E-state index contributed by atoms with van der Waals surface area (Å²) in [4.78, 5) is 16.0. The summed E-state index contributed by atoms with van der Waals surface area (Å²) in [6, 6.07) is 16.2. The summed E-state index contributed by atoms with van der Waals surface area (Å²) >= 11 is 0. The molecule has 1 saturated heterocycles. The summed E-state index contributed by atoms with van der Waals surface area (Å²) in [5.74, 6) is 1.67. The largest absolute Gasteiger partial charge is 0.378 e. The number of para-hydroxylation sites is 1. The van der Waals surface area contributed by atoms with Crippen molar-refractivity contribution in [3.05, 3.63) is 59.7 Å². The molecule has 1 aromatic heterocycles. The molecule has 1 aliphatic rings. The van der Waals surface area contributed by atoms with Crippen molar-refractivity contribution in [2.24, 2.45) is 0 Å². The lowest BCUT2D eigenvalue weighted by Crippen LogP contribution is -2.37. The molecule has 3 aromatic rings. The Balaban J connectivity index is 1.67. The highest BCUT2D eigenvalue weighted by Crippen LogP contribution is 2.23. The predicted octanol–water partition coefficient (Wildman–Crippen LogP) is 3.81. The standard InChI is InChI=1S/C21H24N6O/c1-15-8-9-16(2)18(14-15)23-20-24-19(22-17-6-4-3-5-7-17)25-21(26-20)27-10-12-28-13-11-27/h3-9,14H,10-13H2,1-2H3,(H2,22,23,24,25,26). The second-order valence-electron chi connectivity index (χ2n) is 6.82. The minimum absolute atomic E-state index is 0.510. The van der Waals surface area contributed by atoms with E-state index in [4.69, 9.17) is 4.74 Å². The first-order valence-electron chi connectivity index (χ1n) is 9.42. The Bertz CT molecular complexity index is 941. The molecule has 144 valence electrons. The summed E-state index contributed by atoms with van der Waals surface area (Å²) in [7, 11) is 0. The third kappa shape index (κ3) is 4.37. The third-order valence-corrected chi connectivity index (χ3v) is 4.59. The number of aryl methyl sites for hydroxylation is 2. The number of nitrogens with one attached hydrogen (secondary N) is 2. The number of hydrogen-bond acceptors (Lipinski definition) is 7. The average Bonchev–Trinajstić information content (AvgIpc) is 2.72. The predicted molar refractivity (Wildman–Crippen MR) is 112 cm³/mol. The highest BCUT2D eigenvalue weighted by atomic mass is 16.5. The van der Waals surface area contributed by atoms with Crippen molar-refractivity contribution in [3.8, 4) is 0 Å². The SMILES string of the molecule is Cc1ccc(C)c(Nc2nc(Nc3ccccc3)nc(N3CCOCC3)n2)c1. The van der Waals surface area contributed by atoms with E-state index in [1.165, 1.54) is 5.56 Å². The van der Waals surface area contributed by atoms with Gasteiger partial charge in [0.15, 0.2) is 0 Å². The second-order valence-corrected chi connectivity index (χ2v) is 6.82. The Morgan fingerprint density at radius 2 is 1.57 bits per heavy atom. The van der Waals surface area contributed by atoms with Gasteiger partial charge in [-0.25, -0.2) is 0 Å². The van der Waals surface area contributed by atoms with Crippen LogP contribution in [0.4, 0.5) is 29.2 Å². The lowest BCUT2D eigenvalue weighted by molar-refractivity contribution is 0.122. The number of morpholine rings is 1. The Morgan fingerprint density at radius 1 is 0.857 bits per heavy atom. The molecular weight excluding hydrogens is 352 g/mol. The summed E-state index contributed by atoms with van der Waals surface area (Å²) in [6.07, 6.45) is 0. The van der Waals surface area contributed by atoms with E-state index in [-0.39, 0.29) is 0 Å². The molecule has 0 amide bonds. The van der Waals surface area contributed by atoms with Crippen molar-refractivity contribution in [2.75, 3.05) is 41.8 Å². The Kier molecular flexibility index (Phi) is 5.34. The topological polar surface area (TPSA) is 75.2 Å². The van der Waals surface area contributed by atoms with Crippen molar-refractivity contribution in [2.45, 2.75) is 13.8 Å². The first kappa shape index (κ1) is 18.2. The number of hydrogen-bond donors (Lipinski definition) is 2. The molecule has 4 rings (SSSR count). The van der Waals surface area contributed by atoms with E-state index in [0.717, 1.165) is 30.0 Å². The molecule has 7 heteroatoms. The summed E-state index contributed by atoms with van der Waals surface area (Å²) in [5.41, 5.74) is 4.23. The number of anilines is 5. The number of ether oxygens (including phenoxy) is 1. The van der Waals surface area contributed by atoms with Gasteiger partial charge in [-0.15, -0.1) is 0 Å². The third-order valence-electron chi connectivity index (χ3n) is 4.59. The summed E-state index contributed by atoms with van der Waals surface area (Å²) in [5, 5.41) is 6.63. The van der Waals surface area contributed by atoms with Gasteiger partial charge in [-0.1, -0.05) is 30.3 Å². The van der Waals surface area contributed by atoms with Gasteiger partial charge in [0.05, 0.1) is 13.2 Å². The van der Waals surface area contributed by atoms with Gasteiger partial charge in [0.1, 0.15) is 0 Å². The quantitative estimate of drug-likeness (QED) is 0.701. The fourth-order valence-corrected chi connectivity index (χ4v) is 3.02. The van der Waals surface area contributed by atoms with Crippen molar-refractivity contribution >= 4 is 29.2 Å². The second kappa shape index (κ2) is 8.22. The molecule has 28 heavy (non-hydrogen) atoms. The zero-order valence-electron chi connectivity index (χ0n) is 16.1. The van der Waals surface area contributed by atoms with Crippen LogP contribution >= 0.6 is 0 Å². The smallest absolute Gasteiger partial charge is 0.233 e. The van der Waals surface area contributed by atoms with Gasteiger partial charge in [0.25, 0.3) is 0 Å². The maximum atomic E-state index is 5.46. The molecule has 1 aliphatic heterocycles. The minimum atomic E-state index is 0.510. The van der Waals surface area contributed by atoms with Crippen molar-refractivity contribution in [3.63, 3.8) is 0 Å². The van der Waals surface area contributed by atoms with Gasteiger partial charge in [-0.05, 0) is 43.2 Å². The van der Waals surface area contributed by atoms with Gasteiger partial charge in [-0.3, -0.25) is 0 Å². The molecule has 0 radical (unpaired) electrons. The van der Waals surface area contributed by atoms with Gasteiger partial charge in [-0.2, -0.15) is 15.0 Å². The van der Waals surface area contributed by atoms with E-state index < -0.39 is 0 Å². The first-order valence-corrected chi connectivity index (χ1v) is 9.42. The Labute approximate surface area is 164 Å². The van der Waals surface area contributed by atoms with E-state index in [1.54, 1.807) is 0 Å². The molecule has 2 heterocycles. The minimum Gasteiger partial charge on any atom is -0.378 e. The van der Waals surface area contributed by atoms with Crippen LogP contribution in [-0.4, -0.2) is 41.3 Å². The van der Waals surface area contributed by atoms with Crippen LogP contribution in [0, 0.1) is 13.8 Å². The molecule has 0 unspecified atom stereocenters. The molecular formula is C21H24N6O. The van der Waals surface area contributed by atoms with Crippen LogP contribution in [0.25, 0.3) is 0 Å². The summed E-state index contributed by atoms with van der Waals surface area (Å²) in [6.45, 7) is 7.00. The maximum absolute atomic E-state index is 5.46. The molecule has 0 aliphatic carbocycles. The van der Waals surface area contributed by atoms with E-state index in [0.29, 0.717) is 31.1 Å². The van der Waals surface area contributed by atoms with E-state index in [9.17, 15) is 0 Å². The first-order chi connectivity index (χ1) is 13.7.